The van der Waals surface area contributed by atoms with Gasteiger partial charge in [-0.1, -0.05) is 35.9 Å². The monoisotopic (exact) mass is 340 g/mol. The third-order valence-corrected chi connectivity index (χ3v) is 3.47. The van der Waals surface area contributed by atoms with Crippen molar-refractivity contribution in [1.82, 2.24) is 0 Å². The summed E-state index contributed by atoms with van der Waals surface area (Å²) in [5.41, 5.74) is 3.92. The van der Waals surface area contributed by atoms with Gasteiger partial charge in [-0.2, -0.15) is 5.10 Å². The Labute approximate surface area is 144 Å². The summed E-state index contributed by atoms with van der Waals surface area (Å²) >= 11 is 5.85. The van der Waals surface area contributed by atoms with Gasteiger partial charge in [0.1, 0.15) is 17.3 Å². The van der Waals surface area contributed by atoms with E-state index in [0.29, 0.717) is 16.5 Å². The van der Waals surface area contributed by atoms with E-state index < -0.39 is 5.82 Å². The van der Waals surface area contributed by atoms with E-state index in [1.807, 2.05) is 30.3 Å². The van der Waals surface area contributed by atoms with Gasteiger partial charge in [-0.25, -0.2) is 4.39 Å². The van der Waals surface area contributed by atoms with Gasteiger partial charge >= 0.3 is 0 Å². The average molecular weight is 341 g/mol. The lowest BCUT2D eigenvalue weighted by Gasteiger charge is -2.09. The van der Waals surface area contributed by atoms with Crippen molar-refractivity contribution < 1.29 is 9.13 Å². The topological polar surface area (TPSA) is 33.6 Å². The molecule has 0 aliphatic carbocycles. The highest BCUT2D eigenvalue weighted by Crippen LogP contribution is 2.27. The normalized spacial score (nSPS) is 10.8. The lowest BCUT2D eigenvalue weighted by Crippen LogP contribution is -1.97. The van der Waals surface area contributed by atoms with Crippen LogP contribution in [-0.2, 0) is 0 Å². The quantitative estimate of drug-likeness (QED) is 0.476. The van der Waals surface area contributed by atoms with E-state index in [0.717, 1.165) is 5.69 Å². The number of hydrogen-bond acceptors (Lipinski definition) is 3. The Morgan fingerprint density at radius 2 is 1.67 bits per heavy atom. The number of hydrogen-bond donors (Lipinski definition) is 1. The van der Waals surface area contributed by atoms with Crippen LogP contribution in [0.1, 0.15) is 5.56 Å². The van der Waals surface area contributed by atoms with Crippen molar-refractivity contribution in [2.75, 3.05) is 5.43 Å². The molecule has 1 N–H and O–H groups in total. The molecule has 0 saturated carbocycles. The Morgan fingerprint density at radius 3 is 2.42 bits per heavy atom. The highest BCUT2D eigenvalue weighted by molar-refractivity contribution is 6.30. The van der Waals surface area contributed by atoms with E-state index in [1.165, 1.54) is 12.3 Å². The summed E-state index contributed by atoms with van der Waals surface area (Å²) in [6.45, 7) is 0. The average Bonchev–Trinajstić information content (AvgIpc) is 2.60. The second-order valence-electron chi connectivity index (χ2n) is 4.94. The molecular formula is C19H14ClFN2O. The van der Waals surface area contributed by atoms with Crippen molar-refractivity contribution in [2.45, 2.75) is 0 Å². The van der Waals surface area contributed by atoms with Gasteiger partial charge in [0.25, 0.3) is 0 Å². The largest absolute Gasteiger partial charge is 0.457 e. The molecule has 24 heavy (non-hydrogen) atoms. The first-order chi connectivity index (χ1) is 11.7. The number of hydrazone groups is 1. The van der Waals surface area contributed by atoms with E-state index >= 15 is 0 Å². The molecule has 0 radical (unpaired) electrons. The fraction of sp³-hybridized carbons (Fsp3) is 0. The number of para-hydroxylation sites is 1. The zero-order chi connectivity index (χ0) is 16.8. The first-order valence-electron chi connectivity index (χ1n) is 7.28. The van der Waals surface area contributed by atoms with Gasteiger partial charge in [-0.3, -0.25) is 5.43 Å². The molecule has 0 aliphatic rings. The van der Waals surface area contributed by atoms with Crippen LogP contribution in [0.3, 0.4) is 0 Å². The van der Waals surface area contributed by atoms with Crippen LogP contribution in [0.4, 0.5) is 10.1 Å². The third-order valence-electron chi connectivity index (χ3n) is 3.22. The lowest BCUT2D eigenvalue weighted by molar-refractivity contribution is 0.475. The van der Waals surface area contributed by atoms with Gasteiger partial charge in [0.2, 0.25) is 0 Å². The molecule has 0 bridgehead atoms. The zero-order valence-electron chi connectivity index (χ0n) is 12.6. The first kappa shape index (κ1) is 16.0. The Bertz CT molecular complexity index is 836. The van der Waals surface area contributed by atoms with Gasteiger partial charge in [0, 0.05) is 5.02 Å². The van der Waals surface area contributed by atoms with Gasteiger partial charge in [-0.15, -0.1) is 0 Å². The Balaban J connectivity index is 1.80. The van der Waals surface area contributed by atoms with Gasteiger partial charge in [0.15, 0.2) is 0 Å². The maximum Gasteiger partial charge on any atom is 0.139 e. The van der Waals surface area contributed by atoms with Crippen molar-refractivity contribution in [2.24, 2.45) is 5.10 Å². The molecule has 0 spiro atoms. The number of anilines is 1. The summed E-state index contributed by atoms with van der Waals surface area (Å²) < 4.78 is 19.9. The Morgan fingerprint density at radius 1 is 0.917 bits per heavy atom. The predicted molar refractivity (Wildman–Crippen MR) is 95.6 cm³/mol. The summed E-state index contributed by atoms with van der Waals surface area (Å²) in [7, 11) is 0. The molecule has 0 atom stereocenters. The van der Waals surface area contributed by atoms with E-state index in [2.05, 4.69) is 10.5 Å². The molecule has 120 valence electrons. The molecular weight excluding hydrogens is 327 g/mol. The molecule has 3 aromatic carbocycles. The van der Waals surface area contributed by atoms with E-state index in [1.54, 1.807) is 36.4 Å². The molecule has 0 fully saturated rings. The number of ether oxygens (including phenoxy) is 1. The van der Waals surface area contributed by atoms with Crippen molar-refractivity contribution >= 4 is 23.5 Å². The Hall–Kier alpha value is -2.85. The van der Waals surface area contributed by atoms with Crippen molar-refractivity contribution in [3.63, 3.8) is 0 Å². The zero-order valence-corrected chi connectivity index (χ0v) is 13.4. The molecule has 0 amide bonds. The first-order valence-corrected chi connectivity index (χ1v) is 7.66. The van der Waals surface area contributed by atoms with Crippen molar-refractivity contribution in [3.8, 4) is 11.5 Å². The van der Waals surface area contributed by atoms with Gasteiger partial charge < -0.3 is 4.74 Å². The van der Waals surface area contributed by atoms with Crippen LogP contribution in [0.2, 0.25) is 5.02 Å². The van der Waals surface area contributed by atoms with Gasteiger partial charge in [-0.05, 0) is 48.5 Å². The summed E-state index contributed by atoms with van der Waals surface area (Å²) in [5, 5.41) is 4.68. The molecule has 0 heterocycles. The molecule has 3 aromatic rings. The number of halogens is 2. The van der Waals surface area contributed by atoms with E-state index in [9.17, 15) is 4.39 Å². The van der Waals surface area contributed by atoms with Crippen LogP contribution in [-0.4, -0.2) is 6.21 Å². The number of nitrogens with zero attached hydrogens (tertiary/aromatic N) is 1. The SMILES string of the molecule is Fc1cccc(Oc2ccc(Cl)cc2)c1C=NNc1ccccc1. The minimum absolute atomic E-state index is 0.260. The van der Waals surface area contributed by atoms with Crippen LogP contribution < -0.4 is 10.2 Å². The maximum atomic E-state index is 14.1. The van der Waals surface area contributed by atoms with Crippen LogP contribution in [0, 0.1) is 5.82 Å². The van der Waals surface area contributed by atoms with Crippen LogP contribution in [0.25, 0.3) is 0 Å². The van der Waals surface area contributed by atoms with Crippen LogP contribution in [0.15, 0.2) is 77.9 Å². The number of benzene rings is 3. The second-order valence-corrected chi connectivity index (χ2v) is 5.38. The second kappa shape index (κ2) is 7.62. The molecule has 0 saturated heterocycles. The smallest absolute Gasteiger partial charge is 0.139 e. The predicted octanol–water partition coefficient (Wildman–Crippen LogP) is 5.72. The molecule has 3 rings (SSSR count). The molecule has 5 heteroatoms. The molecule has 3 nitrogen and oxygen atoms in total. The summed E-state index contributed by atoms with van der Waals surface area (Å²) in [5.74, 6) is 0.520. The standard InChI is InChI=1S/C19H14ClFN2O/c20-14-9-11-16(12-10-14)24-19-8-4-7-18(21)17(19)13-22-23-15-5-2-1-3-6-15/h1-13,23H. The Kier molecular flexibility index (Phi) is 5.08. The summed E-state index contributed by atoms with van der Waals surface area (Å²) in [4.78, 5) is 0. The highest BCUT2D eigenvalue weighted by Gasteiger charge is 2.08. The number of nitrogens with one attached hydrogen (secondary N) is 1. The summed E-state index contributed by atoms with van der Waals surface area (Å²) in [6.07, 6.45) is 1.40. The van der Waals surface area contributed by atoms with E-state index in [4.69, 9.17) is 16.3 Å². The van der Waals surface area contributed by atoms with Gasteiger partial charge in [0.05, 0.1) is 17.5 Å². The third kappa shape index (κ3) is 4.12. The maximum absolute atomic E-state index is 14.1. The lowest BCUT2D eigenvalue weighted by atomic mass is 10.2. The minimum Gasteiger partial charge on any atom is -0.457 e. The number of rotatable bonds is 5. The fourth-order valence-corrected chi connectivity index (χ4v) is 2.17. The van der Waals surface area contributed by atoms with Crippen molar-refractivity contribution in [3.05, 3.63) is 89.2 Å². The van der Waals surface area contributed by atoms with E-state index in [-0.39, 0.29) is 5.56 Å². The van der Waals surface area contributed by atoms with Crippen LogP contribution >= 0.6 is 11.6 Å². The molecule has 0 aliphatic heterocycles. The minimum atomic E-state index is -0.417. The highest BCUT2D eigenvalue weighted by atomic mass is 35.5. The summed E-state index contributed by atoms with van der Waals surface area (Å²) in [6, 6.07) is 20.9. The fourth-order valence-electron chi connectivity index (χ4n) is 2.05. The van der Waals surface area contributed by atoms with Crippen molar-refractivity contribution in [1.29, 1.82) is 0 Å². The molecule has 0 unspecified atom stereocenters. The van der Waals surface area contributed by atoms with Crippen LogP contribution in [0.5, 0.6) is 11.5 Å². The molecule has 0 aromatic heterocycles.